The summed E-state index contributed by atoms with van der Waals surface area (Å²) >= 11 is 0. The van der Waals surface area contributed by atoms with E-state index in [1.807, 2.05) is 24.3 Å². The van der Waals surface area contributed by atoms with Crippen molar-refractivity contribution in [3.8, 4) is 0 Å². The van der Waals surface area contributed by atoms with Crippen molar-refractivity contribution in [3.05, 3.63) is 29.8 Å². The number of amides is 1. The second kappa shape index (κ2) is 5.87. The van der Waals surface area contributed by atoms with Gasteiger partial charge in [-0.3, -0.25) is 4.79 Å². The van der Waals surface area contributed by atoms with Crippen molar-refractivity contribution in [1.82, 2.24) is 4.90 Å². The molecule has 2 fully saturated rings. The van der Waals surface area contributed by atoms with Gasteiger partial charge in [-0.2, -0.15) is 8.42 Å². The number of benzene rings is 1. The zero-order chi connectivity index (χ0) is 15.7. The molecule has 2 saturated heterocycles. The lowest BCUT2D eigenvalue weighted by atomic mass is 10.1. The van der Waals surface area contributed by atoms with Crippen LogP contribution in [0.3, 0.4) is 0 Å². The Kier molecular flexibility index (Phi) is 4.08. The van der Waals surface area contributed by atoms with Crippen molar-refractivity contribution in [2.45, 2.75) is 31.1 Å². The van der Waals surface area contributed by atoms with Crippen molar-refractivity contribution in [2.24, 2.45) is 0 Å². The van der Waals surface area contributed by atoms with Crippen LogP contribution in [0.4, 0.5) is 9.57 Å². The van der Waals surface area contributed by atoms with E-state index in [-0.39, 0.29) is 18.9 Å². The van der Waals surface area contributed by atoms with Gasteiger partial charge in [0, 0.05) is 38.3 Å². The molecular weight excluding hydrogens is 307 g/mol. The molecule has 1 aromatic carbocycles. The van der Waals surface area contributed by atoms with Gasteiger partial charge in [-0.25, -0.2) is 0 Å². The molecule has 1 unspecified atom stereocenters. The number of carbonyl (C=O) groups excluding carboxylic acids is 1. The van der Waals surface area contributed by atoms with Crippen molar-refractivity contribution < 1.29 is 17.1 Å². The summed E-state index contributed by atoms with van der Waals surface area (Å²) in [6.07, 6.45) is 2.04. The molecule has 1 aromatic rings. The first-order chi connectivity index (χ1) is 10.4. The third kappa shape index (κ3) is 3.09. The van der Waals surface area contributed by atoms with Crippen LogP contribution in [0.15, 0.2) is 24.3 Å². The molecule has 120 valence electrons. The molecule has 2 aliphatic rings. The highest BCUT2D eigenvalue weighted by atomic mass is 32.3. The maximum Gasteiger partial charge on any atom is 0.307 e. The Labute approximate surface area is 129 Å². The topological polar surface area (TPSA) is 57.7 Å². The highest BCUT2D eigenvalue weighted by Gasteiger charge is 2.38. The van der Waals surface area contributed by atoms with Crippen molar-refractivity contribution in [2.75, 3.05) is 24.5 Å². The van der Waals surface area contributed by atoms with Crippen LogP contribution >= 0.6 is 0 Å². The lowest BCUT2D eigenvalue weighted by Crippen LogP contribution is -2.28. The second-order valence-corrected chi connectivity index (χ2v) is 7.52. The zero-order valence-corrected chi connectivity index (χ0v) is 13.1. The monoisotopic (exact) mass is 326 g/mol. The Morgan fingerprint density at radius 3 is 2.50 bits per heavy atom. The minimum absolute atomic E-state index is 0.0635. The molecule has 0 spiro atoms. The molecule has 0 radical (unpaired) electrons. The molecule has 0 aromatic heterocycles. The number of anilines is 1. The van der Waals surface area contributed by atoms with Gasteiger partial charge < -0.3 is 9.80 Å². The Hall–Kier alpha value is -1.63. The Bertz CT molecular complexity index is 671. The number of nitrogens with zero attached hydrogens (tertiary/aromatic N) is 2. The number of carbonyl (C=O) groups is 1. The van der Waals surface area contributed by atoms with Crippen LogP contribution in [-0.4, -0.2) is 44.1 Å². The highest BCUT2D eigenvalue weighted by molar-refractivity contribution is 7.87. The van der Waals surface area contributed by atoms with Crippen LogP contribution in [0, 0.1) is 0 Å². The van der Waals surface area contributed by atoms with Crippen LogP contribution in [0.1, 0.15) is 24.8 Å². The Morgan fingerprint density at radius 1 is 1.18 bits per heavy atom. The molecule has 2 aliphatic heterocycles. The first-order valence-corrected chi connectivity index (χ1v) is 8.94. The molecule has 1 atom stereocenters. The van der Waals surface area contributed by atoms with Crippen LogP contribution in [0.25, 0.3) is 0 Å². The molecule has 5 nitrogen and oxygen atoms in total. The SMILES string of the molecule is O=C1CC(S(=O)(=O)F)CN1Cc1ccccc1N1CCCC1. The third-order valence-corrected chi connectivity index (χ3v) is 5.49. The molecule has 3 rings (SSSR count). The largest absolute Gasteiger partial charge is 0.371 e. The number of likely N-dealkylation sites (tertiary alicyclic amines) is 1. The average Bonchev–Trinajstić information content (AvgIpc) is 3.10. The minimum atomic E-state index is -4.66. The summed E-state index contributed by atoms with van der Waals surface area (Å²) in [5, 5.41) is -1.22. The van der Waals surface area contributed by atoms with Gasteiger partial charge >= 0.3 is 10.2 Å². The summed E-state index contributed by atoms with van der Waals surface area (Å²) in [6.45, 7) is 2.25. The summed E-state index contributed by atoms with van der Waals surface area (Å²) < 4.78 is 35.1. The fraction of sp³-hybridized carbons (Fsp3) is 0.533. The standard InChI is InChI=1S/C15H19FN2O3S/c16-22(20,21)13-9-15(19)18(11-13)10-12-5-1-2-6-14(12)17-7-3-4-8-17/h1-2,5-6,13H,3-4,7-11H2. The summed E-state index contributed by atoms with van der Waals surface area (Å²) in [6, 6.07) is 7.82. The van der Waals surface area contributed by atoms with E-state index in [2.05, 4.69) is 4.90 Å². The lowest BCUT2D eigenvalue weighted by Gasteiger charge is -2.24. The van der Waals surface area contributed by atoms with Crippen LogP contribution in [0.5, 0.6) is 0 Å². The molecule has 0 bridgehead atoms. The van der Waals surface area contributed by atoms with E-state index in [1.165, 1.54) is 4.90 Å². The van der Waals surface area contributed by atoms with E-state index in [9.17, 15) is 17.1 Å². The van der Waals surface area contributed by atoms with Gasteiger partial charge in [0.15, 0.2) is 0 Å². The predicted molar refractivity (Wildman–Crippen MR) is 81.7 cm³/mol. The van der Waals surface area contributed by atoms with Gasteiger partial charge in [0.05, 0.1) is 0 Å². The molecular formula is C15H19FN2O3S. The fourth-order valence-corrected chi connectivity index (χ4v) is 3.89. The number of hydrogen-bond acceptors (Lipinski definition) is 4. The Morgan fingerprint density at radius 2 is 1.86 bits per heavy atom. The minimum Gasteiger partial charge on any atom is -0.371 e. The first kappa shape index (κ1) is 15.3. The van der Waals surface area contributed by atoms with Crippen molar-refractivity contribution in [1.29, 1.82) is 0 Å². The van der Waals surface area contributed by atoms with E-state index >= 15 is 0 Å². The number of rotatable bonds is 4. The van der Waals surface area contributed by atoms with Gasteiger partial charge in [-0.1, -0.05) is 18.2 Å². The summed E-state index contributed by atoms with van der Waals surface area (Å²) in [7, 11) is -4.66. The molecule has 1 amide bonds. The van der Waals surface area contributed by atoms with Gasteiger partial charge in [0.1, 0.15) is 5.25 Å². The van der Waals surface area contributed by atoms with Gasteiger partial charge in [-0.05, 0) is 24.5 Å². The fourth-order valence-electron chi connectivity index (χ4n) is 3.19. The average molecular weight is 326 g/mol. The highest BCUT2D eigenvalue weighted by Crippen LogP contribution is 2.28. The van der Waals surface area contributed by atoms with Crippen molar-refractivity contribution in [3.63, 3.8) is 0 Å². The van der Waals surface area contributed by atoms with E-state index < -0.39 is 15.5 Å². The molecule has 0 N–H and O–H groups in total. The normalized spacial score (nSPS) is 22.6. The van der Waals surface area contributed by atoms with Crippen LogP contribution in [0.2, 0.25) is 0 Å². The van der Waals surface area contributed by atoms with E-state index in [1.54, 1.807) is 0 Å². The lowest BCUT2D eigenvalue weighted by molar-refractivity contribution is -0.128. The predicted octanol–water partition coefficient (Wildman–Crippen LogP) is 1.69. The molecule has 2 heterocycles. The maximum atomic E-state index is 13.1. The number of hydrogen-bond donors (Lipinski definition) is 0. The first-order valence-electron chi connectivity index (χ1n) is 7.49. The quantitative estimate of drug-likeness (QED) is 0.790. The van der Waals surface area contributed by atoms with E-state index in [0.717, 1.165) is 37.2 Å². The number of para-hydroxylation sites is 1. The molecule has 0 aliphatic carbocycles. The van der Waals surface area contributed by atoms with Gasteiger partial charge in [0.2, 0.25) is 5.91 Å². The van der Waals surface area contributed by atoms with Gasteiger partial charge in [-0.15, -0.1) is 3.89 Å². The zero-order valence-electron chi connectivity index (χ0n) is 12.2. The number of halogens is 1. The van der Waals surface area contributed by atoms with Gasteiger partial charge in [0.25, 0.3) is 0 Å². The van der Waals surface area contributed by atoms with Crippen LogP contribution < -0.4 is 4.90 Å². The summed E-state index contributed by atoms with van der Waals surface area (Å²) in [5.41, 5.74) is 2.06. The van der Waals surface area contributed by atoms with Crippen molar-refractivity contribution >= 4 is 21.8 Å². The molecule has 7 heteroatoms. The summed E-state index contributed by atoms with van der Waals surface area (Å²) in [4.78, 5) is 15.7. The molecule has 0 saturated carbocycles. The Balaban J connectivity index is 1.78. The van der Waals surface area contributed by atoms with E-state index in [0.29, 0.717) is 6.54 Å². The smallest absolute Gasteiger partial charge is 0.307 e. The van der Waals surface area contributed by atoms with E-state index in [4.69, 9.17) is 0 Å². The second-order valence-electron chi connectivity index (χ2n) is 5.90. The third-order valence-electron chi connectivity index (χ3n) is 4.38. The van der Waals surface area contributed by atoms with Crippen LogP contribution in [-0.2, 0) is 21.6 Å². The summed E-state index contributed by atoms with van der Waals surface area (Å²) in [5.74, 6) is -0.303. The maximum absolute atomic E-state index is 13.1. The molecule has 22 heavy (non-hydrogen) atoms.